The maximum absolute atomic E-state index is 4.44. The summed E-state index contributed by atoms with van der Waals surface area (Å²) in [4.78, 5) is 6.98. The van der Waals surface area contributed by atoms with E-state index < -0.39 is 0 Å². The van der Waals surface area contributed by atoms with Crippen LogP contribution < -0.4 is 0 Å². The van der Waals surface area contributed by atoms with Gasteiger partial charge in [-0.1, -0.05) is 6.07 Å². The van der Waals surface area contributed by atoms with E-state index in [0.717, 1.165) is 0 Å². The molecule has 3 heteroatoms. The van der Waals surface area contributed by atoms with Crippen molar-refractivity contribution < 1.29 is 0 Å². The number of hydrogen-bond donors (Lipinski definition) is 0. The second kappa shape index (κ2) is 5.52. The summed E-state index contributed by atoms with van der Waals surface area (Å²) in [6, 6.07) is 6.65. The molecule has 0 N–H and O–H groups in total. The molecule has 0 radical (unpaired) electrons. The SMILES string of the molecule is C[C@H](c1ccccn1)N1CCCSCC1. The van der Waals surface area contributed by atoms with Gasteiger partial charge in [-0.05, 0) is 37.8 Å². The van der Waals surface area contributed by atoms with Crippen LogP contribution in [0.5, 0.6) is 0 Å². The van der Waals surface area contributed by atoms with Gasteiger partial charge in [-0.15, -0.1) is 0 Å². The molecule has 1 aromatic rings. The molecule has 1 aliphatic rings. The molecule has 1 saturated heterocycles. The van der Waals surface area contributed by atoms with Gasteiger partial charge in [0.1, 0.15) is 0 Å². The molecular formula is C12H18N2S. The molecule has 0 saturated carbocycles. The van der Waals surface area contributed by atoms with Gasteiger partial charge in [-0.2, -0.15) is 11.8 Å². The van der Waals surface area contributed by atoms with Crippen LogP contribution in [0, 0.1) is 0 Å². The standard InChI is InChI=1S/C12H18N2S/c1-11(12-5-2-3-6-13-12)14-7-4-9-15-10-8-14/h2-3,5-6,11H,4,7-10H2,1H3/t11-/m1/s1. The van der Waals surface area contributed by atoms with Crippen LogP contribution in [0.3, 0.4) is 0 Å². The van der Waals surface area contributed by atoms with Gasteiger partial charge >= 0.3 is 0 Å². The van der Waals surface area contributed by atoms with E-state index in [1.54, 1.807) is 0 Å². The zero-order valence-corrected chi connectivity index (χ0v) is 10.0. The summed E-state index contributed by atoms with van der Waals surface area (Å²) >= 11 is 2.07. The maximum atomic E-state index is 4.44. The van der Waals surface area contributed by atoms with Gasteiger partial charge in [0, 0.05) is 24.5 Å². The summed E-state index contributed by atoms with van der Waals surface area (Å²) < 4.78 is 0. The van der Waals surface area contributed by atoms with Crippen LogP contribution in [0.4, 0.5) is 0 Å². The summed E-state index contributed by atoms with van der Waals surface area (Å²) in [5, 5.41) is 0. The van der Waals surface area contributed by atoms with Crippen molar-refractivity contribution in [2.45, 2.75) is 19.4 Å². The molecule has 1 aromatic heterocycles. The van der Waals surface area contributed by atoms with Crippen molar-refractivity contribution in [3.8, 4) is 0 Å². The Bertz CT molecular complexity index is 281. The molecule has 0 unspecified atom stereocenters. The first-order valence-electron chi connectivity index (χ1n) is 5.60. The third-order valence-corrected chi connectivity index (χ3v) is 3.97. The Morgan fingerprint density at radius 3 is 3.07 bits per heavy atom. The fraction of sp³-hybridized carbons (Fsp3) is 0.583. The van der Waals surface area contributed by atoms with E-state index in [0.29, 0.717) is 6.04 Å². The first-order valence-corrected chi connectivity index (χ1v) is 6.76. The van der Waals surface area contributed by atoms with Crippen molar-refractivity contribution in [3.05, 3.63) is 30.1 Å². The van der Waals surface area contributed by atoms with Crippen molar-refractivity contribution in [2.75, 3.05) is 24.6 Å². The number of nitrogens with zero attached hydrogens (tertiary/aromatic N) is 2. The highest BCUT2D eigenvalue weighted by molar-refractivity contribution is 7.99. The first kappa shape index (κ1) is 11.0. The minimum atomic E-state index is 0.463. The Morgan fingerprint density at radius 2 is 2.27 bits per heavy atom. The lowest BCUT2D eigenvalue weighted by molar-refractivity contribution is 0.224. The van der Waals surface area contributed by atoms with E-state index in [4.69, 9.17) is 0 Å². The van der Waals surface area contributed by atoms with E-state index in [2.05, 4.69) is 40.7 Å². The average Bonchev–Trinajstić information content (AvgIpc) is 2.58. The molecule has 1 atom stereocenters. The summed E-state index contributed by atoms with van der Waals surface area (Å²) in [7, 11) is 0. The van der Waals surface area contributed by atoms with Crippen LogP contribution >= 0.6 is 11.8 Å². The van der Waals surface area contributed by atoms with Crippen molar-refractivity contribution >= 4 is 11.8 Å². The lowest BCUT2D eigenvalue weighted by atomic mass is 10.2. The number of pyridine rings is 1. The number of hydrogen-bond acceptors (Lipinski definition) is 3. The first-order chi connectivity index (χ1) is 7.38. The Labute approximate surface area is 96.1 Å². The molecule has 2 rings (SSSR count). The molecule has 0 aliphatic carbocycles. The Morgan fingerprint density at radius 1 is 1.33 bits per heavy atom. The predicted molar refractivity (Wildman–Crippen MR) is 66.2 cm³/mol. The topological polar surface area (TPSA) is 16.1 Å². The quantitative estimate of drug-likeness (QED) is 0.765. The third-order valence-electron chi connectivity index (χ3n) is 2.92. The average molecular weight is 222 g/mol. The van der Waals surface area contributed by atoms with Crippen LogP contribution in [0.1, 0.15) is 25.1 Å². The van der Waals surface area contributed by atoms with Crippen LogP contribution in [0.15, 0.2) is 24.4 Å². The molecule has 15 heavy (non-hydrogen) atoms. The lowest BCUT2D eigenvalue weighted by Crippen LogP contribution is -2.29. The number of aromatic nitrogens is 1. The van der Waals surface area contributed by atoms with Gasteiger partial charge in [0.05, 0.1) is 5.69 Å². The summed E-state index contributed by atoms with van der Waals surface area (Å²) in [5.41, 5.74) is 1.20. The monoisotopic (exact) mass is 222 g/mol. The molecule has 82 valence electrons. The largest absolute Gasteiger partial charge is 0.294 e. The van der Waals surface area contributed by atoms with E-state index >= 15 is 0 Å². The highest BCUT2D eigenvalue weighted by Crippen LogP contribution is 2.21. The Kier molecular flexibility index (Phi) is 4.03. The van der Waals surface area contributed by atoms with Crippen LogP contribution in [0.2, 0.25) is 0 Å². The minimum absolute atomic E-state index is 0.463. The zero-order valence-electron chi connectivity index (χ0n) is 9.22. The summed E-state index contributed by atoms with van der Waals surface area (Å²) in [6.07, 6.45) is 3.19. The number of rotatable bonds is 2. The lowest BCUT2D eigenvalue weighted by Gasteiger charge is -2.26. The van der Waals surface area contributed by atoms with Gasteiger partial charge in [0.15, 0.2) is 0 Å². The minimum Gasteiger partial charge on any atom is -0.294 e. The highest BCUT2D eigenvalue weighted by Gasteiger charge is 2.17. The molecule has 0 aromatic carbocycles. The van der Waals surface area contributed by atoms with Crippen molar-refractivity contribution in [1.29, 1.82) is 0 Å². The van der Waals surface area contributed by atoms with Gasteiger partial charge in [0.25, 0.3) is 0 Å². The molecule has 0 spiro atoms. The molecule has 0 amide bonds. The summed E-state index contributed by atoms with van der Waals surface area (Å²) in [5.74, 6) is 2.57. The fourth-order valence-electron chi connectivity index (χ4n) is 1.96. The van der Waals surface area contributed by atoms with Gasteiger partial charge in [0.2, 0.25) is 0 Å². The zero-order chi connectivity index (χ0) is 10.5. The van der Waals surface area contributed by atoms with E-state index in [1.807, 2.05) is 12.3 Å². The molecule has 1 fully saturated rings. The fourth-order valence-corrected chi connectivity index (χ4v) is 2.86. The Balaban J connectivity index is 2.03. The molecule has 0 bridgehead atoms. The van der Waals surface area contributed by atoms with Crippen LogP contribution in [-0.4, -0.2) is 34.5 Å². The molecule has 2 nitrogen and oxygen atoms in total. The smallest absolute Gasteiger partial charge is 0.0572 e. The van der Waals surface area contributed by atoms with Crippen molar-refractivity contribution in [1.82, 2.24) is 9.88 Å². The Hall–Kier alpha value is -0.540. The van der Waals surface area contributed by atoms with E-state index in [-0.39, 0.29) is 0 Å². The number of thioether (sulfide) groups is 1. The molecule has 1 aliphatic heterocycles. The van der Waals surface area contributed by atoms with Gasteiger partial charge < -0.3 is 0 Å². The van der Waals surface area contributed by atoms with Crippen LogP contribution in [-0.2, 0) is 0 Å². The molecular weight excluding hydrogens is 204 g/mol. The van der Waals surface area contributed by atoms with Crippen LogP contribution in [0.25, 0.3) is 0 Å². The second-order valence-corrected chi connectivity index (χ2v) is 5.16. The van der Waals surface area contributed by atoms with Crippen molar-refractivity contribution in [2.24, 2.45) is 0 Å². The van der Waals surface area contributed by atoms with Crippen molar-refractivity contribution in [3.63, 3.8) is 0 Å². The van der Waals surface area contributed by atoms with E-state index in [1.165, 1.54) is 36.7 Å². The third kappa shape index (κ3) is 2.95. The molecule has 2 heterocycles. The normalized spacial score (nSPS) is 20.9. The van der Waals surface area contributed by atoms with Gasteiger partial charge in [-0.3, -0.25) is 9.88 Å². The highest BCUT2D eigenvalue weighted by atomic mass is 32.2. The van der Waals surface area contributed by atoms with Gasteiger partial charge in [-0.25, -0.2) is 0 Å². The maximum Gasteiger partial charge on any atom is 0.0572 e. The summed E-state index contributed by atoms with van der Waals surface area (Å²) in [6.45, 7) is 4.67. The predicted octanol–water partition coefficient (Wildman–Crippen LogP) is 2.58. The van der Waals surface area contributed by atoms with E-state index in [9.17, 15) is 0 Å². The second-order valence-electron chi connectivity index (χ2n) is 3.93.